The quantitative estimate of drug-likeness (QED) is 0.830. The fraction of sp³-hybridized carbons (Fsp3) is 0.273. The molecule has 4 nitrogen and oxygen atoms in total. The van der Waals surface area contributed by atoms with Gasteiger partial charge in [-0.25, -0.2) is 4.39 Å². The van der Waals surface area contributed by atoms with Crippen molar-refractivity contribution in [3.8, 4) is 0 Å². The molecule has 1 aromatic heterocycles. The number of halogens is 1. The van der Waals surface area contributed by atoms with Gasteiger partial charge in [0.2, 0.25) is 0 Å². The molecule has 0 amide bonds. The van der Waals surface area contributed by atoms with E-state index < -0.39 is 6.04 Å². The Morgan fingerprint density at radius 1 is 1.44 bits per heavy atom. The third-order valence-electron chi connectivity index (χ3n) is 2.62. The van der Waals surface area contributed by atoms with Crippen molar-refractivity contribution in [1.82, 2.24) is 15.0 Å². The molecule has 1 unspecified atom stereocenters. The van der Waals surface area contributed by atoms with E-state index in [1.165, 1.54) is 6.07 Å². The van der Waals surface area contributed by atoms with Crippen LogP contribution in [0.1, 0.15) is 22.9 Å². The van der Waals surface area contributed by atoms with Crippen LogP contribution >= 0.6 is 0 Å². The van der Waals surface area contributed by atoms with Crippen molar-refractivity contribution in [3.05, 3.63) is 47.0 Å². The highest BCUT2D eigenvalue weighted by atomic mass is 19.1. The fourth-order valence-electron chi connectivity index (χ4n) is 1.55. The van der Waals surface area contributed by atoms with Gasteiger partial charge in [0.05, 0.1) is 17.9 Å². The first kappa shape index (κ1) is 10.8. The Kier molecular flexibility index (Phi) is 2.70. The van der Waals surface area contributed by atoms with Gasteiger partial charge < -0.3 is 5.73 Å². The van der Waals surface area contributed by atoms with E-state index in [1.54, 1.807) is 30.9 Å². The van der Waals surface area contributed by atoms with Crippen LogP contribution in [0.4, 0.5) is 4.39 Å². The predicted octanol–water partition coefficient (Wildman–Crippen LogP) is 1.31. The molecule has 16 heavy (non-hydrogen) atoms. The Morgan fingerprint density at radius 3 is 2.75 bits per heavy atom. The molecule has 1 aromatic carbocycles. The maximum absolute atomic E-state index is 13.4. The van der Waals surface area contributed by atoms with E-state index in [4.69, 9.17) is 5.73 Å². The minimum Gasteiger partial charge on any atom is -0.319 e. The topological polar surface area (TPSA) is 56.7 Å². The van der Waals surface area contributed by atoms with Crippen molar-refractivity contribution in [1.29, 1.82) is 0 Å². The lowest BCUT2D eigenvalue weighted by Gasteiger charge is -2.12. The van der Waals surface area contributed by atoms with E-state index in [9.17, 15) is 4.39 Å². The third kappa shape index (κ3) is 1.81. The summed E-state index contributed by atoms with van der Waals surface area (Å²) in [6, 6.07) is 4.58. The Labute approximate surface area is 92.9 Å². The zero-order valence-corrected chi connectivity index (χ0v) is 9.18. The molecule has 0 saturated carbocycles. The van der Waals surface area contributed by atoms with E-state index in [2.05, 4.69) is 10.3 Å². The Balaban J connectivity index is 2.38. The molecule has 5 heteroatoms. The first-order valence-electron chi connectivity index (χ1n) is 4.96. The highest BCUT2D eigenvalue weighted by Crippen LogP contribution is 2.20. The second-order valence-electron chi connectivity index (χ2n) is 3.77. The first-order valence-corrected chi connectivity index (χ1v) is 4.96. The van der Waals surface area contributed by atoms with Gasteiger partial charge in [0.25, 0.3) is 0 Å². The summed E-state index contributed by atoms with van der Waals surface area (Å²) in [6.07, 6.45) is 1.59. The average molecular weight is 220 g/mol. The van der Waals surface area contributed by atoms with Crippen LogP contribution in [0.3, 0.4) is 0 Å². The second kappa shape index (κ2) is 4.02. The van der Waals surface area contributed by atoms with Crippen LogP contribution in [-0.4, -0.2) is 15.0 Å². The molecular formula is C11H13FN4. The molecule has 84 valence electrons. The van der Waals surface area contributed by atoms with Gasteiger partial charge in [-0.05, 0) is 24.1 Å². The van der Waals surface area contributed by atoms with Crippen molar-refractivity contribution >= 4 is 0 Å². The molecule has 2 aromatic rings. The number of aromatic nitrogens is 3. The zero-order chi connectivity index (χ0) is 11.7. The molecule has 0 fully saturated rings. The molecule has 0 aliphatic rings. The van der Waals surface area contributed by atoms with Gasteiger partial charge in [0.1, 0.15) is 5.82 Å². The number of hydrogen-bond donors (Lipinski definition) is 1. The van der Waals surface area contributed by atoms with E-state index >= 15 is 0 Å². The number of nitrogens with two attached hydrogens (primary N) is 1. The Bertz CT molecular complexity index is 506. The van der Waals surface area contributed by atoms with Crippen molar-refractivity contribution in [2.24, 2.45) is 12.8 Å². The zero-order valence-electron chi connectivity index (χ0n) is 9.18. The van der Waals surface area contributed by atoms with Gasteiger partial charge in [0, 0.05) is 7.05 Å². The van der Waals surface area contributed by atoms with Crippen LogP contribution in [0.2, 0.25) is 0 Å². The number of hydrogen-bond acceptors (Lipinski definition) is 3. The lowest BCUT2D eigenvalue weighted by molar-refractivity contribution is 0.609. The van der Waals surface area contributed by atoms with Gasteiger partial charge >= 0.3 is 0 Å². The fourth-order valence-corrected chi connectivity index (χ4v) is 1.55. The Morgan fingerprint density at radius 2 is 2.19 bits per heavy atom. The van der Waals surface area contributed by atoms with Gasteiger partial charge in [-0.2, -0.15) is 0 Å². The Hall–Kier alpha value is -1.75. The summed E-state index contributed by atoms with van der Waals surface area (Å²) in [4.78, 5) is 0. The van der Waals surface area contributed by atoms with E-state index in [1.807, 2.05) is 6.07 Å². The number of rotatable bonds is 2. The molecule has 0 radical (unpaired) electrons. The lowest BCUT2D eigenvalue weighted by atomic mass is 10.0. The average Bonchev–Trinajstić information content (AvgIpc) is 2.67. The summed E-state index contributed by atoms with van der Waals surface area (Å²) in [5.74, 6) is -0.247. The summed E-state index contributed by atoms with van der Waals surface area (Å²) in [6.45, 7) is 1.72. The molecule has 0 spiro atoms. The van der Waals surface area contributed by atoms with Crippen LogP contribution in [0.25, 0.3) is 0 Å². The molecule has 2 N–H and O–H groups in total. The van der Waals surface area contributed by atoms with E-state index in [0.29, 0.717) is 11.1 Å². The summed E-state index contributed by atoms with van der Waals surface area (Å²) in [7, 11) is 1.76. The molecule has 2 rings (SSSR count). The summed E-state index contributed by atoms with van der Waals surface area (Å²) < 4.78 is 15.0. The van der Waals surface area contributed by atoms with Crippen molar-refractivity contribution in [3.63, 3.8) is 0 Å². The van der Waals surface area contributed by atoms with Crippen molar-refractivity contribution in [2.45, 2.75) is 13.0 Å². The molecule has 0 aliphatic carbocycles. The van der Waals surface area contributed by atoms with E-state index in [-0.39, 0.29) is 5.82 Å². The predicted molar refractivity (Wildman–Crippen MR) is 58.2 cm³/mol. The van der Waals surface area contributed by atoms with E-state index in [0.717, 1.165) is 5.69 Å². The monoisotopic (exact) mass is 220 g/mol. The SMILES string of the molecule is Cc1ccc(C(N)c2cnnn2C)cc1F. The van der Waals surface area contributed by atoms with Gasteiger partial charge in [-0.15, -0.1) is 5.10 Å². The third-order valence-corrected chi connectivity index (χ3v) is 2.62. The summed E-state index contributed by atoms with van der Waals surface area (Å²) in [5, 5.41) is 7.54. The van der Waals surface area contributed by atoms with Crippen LogP contribution in [0.15, 0.2) is 24.4 Å². The highest BCUT2D eigenvalue weighted by Gasteiger charge is 2.14. The molecule has 1 heterocycles. The second-order valence-corrected chi connectivity index (χ2v) is 3.77. The van der Waals surface area contributed by atoms with Gasteiger partial charge in [0.15, 0.2) is 0 Å². The number of benzene rings is 1. The molecule has 1 atom stereocenters. The molecule has 0 saturated heterocycles. The largest absolute Gasteiger partial charge is 0.319 e. The van der Waals surface area contributed by atoms with Crippen LogP contribution in [-0.2, 0) is 7.05 Å². The van der Waals surface area contributed by atoms with Gasteiger partial charge in [-0.3, -0.25) is 4.68 Å². The smallest absolute Gasteiger partial charge is 0.126 e. The summed E-state index contributed by atoms with van der Waals surface area (Å²) in [5.41, 5.74) is 8.09. The molecule has 0 aliphatic heterocycles. The normalized spacial score (nSPS) is 12.8. The maximum atomic E-state index is 13.4. The summed E-state index contributed by atoms with van der Waals surface area (Å²) >= 11 is 0. The minimum absolute atomic E-state index is 0.247. The number of aryl methyl sites for hydroxylation is 2. The minimum atomic E-state index is -0.407. The number of nitrogens with zero attached hydrogens (tertiary/aromatic N) is 3. The van der Waals surface area contributed by atoms with Gasteiger partial charge in [-0.1, -0.05) is 17.3 Å². The standard InChI is InChI=1S/C11H13FN4/c1-7-3-4-8(5-9(7)12)11(13)10-6-14-15-16(10)2/h3-6,11H,13H2,1-2H3. The van der Waals surface area contributed by atoms with Crippen molar-refractivity contribution in [2.75, 3.05) is 0 Å². The first-order chi connectivity index (χ1) is 7.59. The highest BCUT2D eigenvalue weighted by molar-refractivity contribution is 5.30. The van der Waals surface area contributed by atoms with Crippen LogP contribution in [0.5, 0.6) is 0 Å². The molecular weight excluding hydrogens is 207 g/mol. The molecule has 0 bridgehead atoms. The van der Waals surface area contributed by atoms with Crippen molar-refractivity contribution < 1.29 is 4.39 Å². The lowest BCUT2D eigenvalue weighted by Crippen LogP contribution is -2.16. The van der Waals surface area contributed by atoms with Crippen LogP contribution < -0.4 is 5.73 Å². The maximum Gasteiger partial charge on any atom is 0.126 e. The van der Waals surface area contributed by atoms with Crippen LogP contribution in [0, 0.1) is 12.7 Å².